The number of allylic oxidation sites excluding steroid dienone is 1. The molecule has 0 saturated carbocycles. The summed E-state index contributed by atoms with van der Waals surface area (Å²) in [5, 5.41) is 4.93. The summed E-state index contributed by atoms with van der Waals surface area (Å²) in [6, 6.07) is 2.84. The van der Waals surface area contributed by atoms with Crippen LogP contribution in [0.1, 0.15) is 70.8 Å². The highest BCUT2D eigenvalue weighted by atomic mass is 19.1. The van der Waals surface area contributed by atoms with Gasteiger partial charge in [0.15, 0.2) is 0 Å². The van der Waals surface area contributed by atoms with Gasteiger partial charge in [-0.3, -0.25) is 14.5 Å². The summed E-state index contributed by atoms with van der Waals surface area (Å²) in [4.78, 5) is 44.9. The molecular weight excluding hydrogens is 558 g/mol. The third kappa shape index (κ3) is 10.0. The van der Waals surface area contributed by atoms with Gasteiger partial charge in [-0.2, -0.15) is 0 Å². The number of aromatic nitrogens is 2. The number of hydrogen-bond acceptors (Lipinski definition) is 6. The van der Waals surface area contributed by atoms with Gasteiger partial charge in [0.1, 0.15) is 22.9 Å². The van der Waals surface area contributed by atoms with E-state index in [0.29, 0.717) is 30.9 Å². The minimum absolute atomic E-state index is 0.151. The predicted octanol–water partition coefficient (Wildman–Crippen LogP) is 4.49. The molecule has 3 amide bonds. The standard InChI is InChI=1S/C31H42F2N6O4/c1-21(2)28-26(16-22(3)36-29(41)27(35-20-40)18-23-17-24(32)8-9-25(23)33)34-19-39(28)11-7-10-37-12-14-38(15-13-37)30(42)43-31(4,5)6/h8-9,16-21H,7,10-15H2,1-6H3,(H,35,40)(H,36,41)/b22-16-,27-18-. The van der Waals surface area contributed by atoms with Gasteiger partial charge in [0.2, 0.25) is 6.41 Å². The molecule has 1 aromatic carbocycles. The maximum absolute atomic E-state index is 14.1. The molecule has 234 valence electrons. The summed E-state index contributed by atoms with van der Waals surface area (Å²) in [7, 11) is 0. The SMILES string of the molecule is C/C(=C/c1ncn(CCCN2CCN(C(=O)OC(C)(C)C)CC2)c1C(C)C)NC(=O)/C(=C/c1cc(F)ccc1F)NC=O. The Morgan fingerprint density at radius 3 is 2.42 bits per heavy atom. The van der Waals surface area contributed by atoms with E-state index in [1.807, 2.05) is 20.8 Å². The summed E-state index contributed by atoms with van der Waals surface area (Å²) in [5.41, 5.74) is 1.24. The molecule has 1 aliphatic rings. The first-order valence-electron chi connectivity index (χ1n) is 14.4. The number of nitrogens with zero attached hydrogens (tertiary/aromatic N) is 4. The Morgan fingerprint density at radius 1 is 1.09 bits per heavy atom. The number of amides is 3. The molecule has 0 spiro atoms. The topological polar surface area (TPSA) is 109 Å². The molecule has 2 N–H and O–H groups in total. The molecule has 1 aromatic heterocycles. The van der Waals surface area contributed by atoms with Crippen molar-refractivity contribution in [3.05, 3.63) is 64.5 Å². The van der Waals surface area contributed by atoms with Crippen LogP contribution in [0.25, 0.3) is 12.2 Å². The van der Waals surface area contributed by atoms with Crippen molar-refractivity contribution in [2.45, 2.75) is 66.0 Å². The minimum Gasteiger partial charge on any atom is -0.444 e. The lowest BCUT2D eigenvalue weighted by Crippen LogP contribution is -2.50. The largest absolute Gasteiger partial charge is 0.444 e. The van der Waals surface area contributed by atoms with Crippen LogP contribution < -0.4 is 10.6 Å². The van der Waals surface area contributed by atoms with E-state index in [-0.39, 0.29) is 23.3 Å². The van der Waals surface area contributed by atoms with Crippen molar-refractivity contribution in [3.8, 4) is 0 Å². The molecule has 0 unspecified atom stereocenters. The Morgan fingerprint density at radius 2 is 1.79 bits per heavy atom. The molecule has 1 fully saturated rings. The molecule has 2 heterocycles. The van der Waals surface area contributed by atoms with E-state index in [2.05, 4.69) is 38.9 Å². The van der Waals surface area contributed by atoms with Gasteiger partial charge < -0.3 is 24.8 Å². The molecule has 0 atom stereocenters. The number of carbonyl (C=O) groups is 3. The van der Waals surface area contributed by atoms with Gasteiger partial charge in [-0.05, 0) is 76.9 Å². The zero-order valence-corrected chi connectivity index (χ0v) is 25.7. The van der Waals surface area contributed by atoms with Crippen molar-refractivity contribution in [1.29, 1.82) is 0 Å². The third-order valence-electron chi connectivity index (χ3n) is 6.73. The van der Waals surface area contributed by atoms with Crippen LogP contribution >= 0.6 is 0 Å². The maximum Gasteiger partial charge on any atom is 0.410 e. The molecule has 3 rings (SSSR count). The second-order valence-corrected chi connectivity index (χ2v) is 11.8. The molecule has 0 bridgehead atoms. The van der Waals surface area contributed by atoms with Gasteiger partial charge in [0, 0.05) is 49.7 Å². The van der Waals surface area contributed by atoms with Crippen molar-refractivity contribution in [3.63, 3.8) is 0 Å². The van der Waals surface area contributed by atoms with Crippen LogP contribution in [0.15, 0.2) is 35.9 Å². The molecule has 0 aliphatic carbocycles. The summed E-state index contributed by atoms with van der Waals surface area (Å²) in [6.07, 6.45) is 5.50. The highest BCUT2D eigenvalue weighted by Crippen LogP contribution is 2.22. The third-order valence-corrected chi connectivity index (χ3v) is 6.73. The molecule has 1 aliphatic heterocycles. The molecular formula is C31H42F2N6O4. The summed E-state index contributed by atoms with van der Waals surface area (Å²) < 4.78 is 35.3. The fourth-order valence-corrected chi connectivity index (χ4v) is 4.77. The Labute approximate surface area is 251 Å². The normalized spacial score (nSPS) is 15.0. The van der Waals surface area contributed by atoms with Gasteiger partial charge in [-0.25, -0.2) is 18.6 Å². The molecule has 0 radical (unpaired) electrons. The molecule has 2 aromatic rings. The predicted molar refractivity (Wildman–Crippen MR) is 161 cm³/mol. The fourth-order valence-electron chi connectivity index (χ4n) is 4.77. The number of ether oxygens (including phenoxy) is 1. The molecule has 43 heavy (non-hydrogen) atoms. The minimum atomic E-state index is -0.734. The van der Waals surface area contributed by atoms with Crippen molar-refractivity contribution in [2.75, 3.05) is 32.7 Å². The number of rotatable bonds is 11. The zero-order valence-electron chi connectivity index (χ0n) is 25.7. The zero-order chi connectivity index (χ0) is 31.7. The van der Waals surface area contributed by atoms with Crippen LogP contribution in [0.5, 0.6) is 0 Å². The monoisotopic (exact) mass is 600 g/mol. The van der Waals surface area contributed by atoms with Crippen LogP contribution in [-0.4, -0.2) is 76.1 Å². The van der Waals surface area contributed by atoms with Crippen molar-refractivity contribution in [1.82, 2.24) is 30.0 Å². The Bertz CT molecular complexity index is 1350. The van der Waals surface area contributed by atoms with Gasteiger partial charge in [-0.1, -0.05) is 13.8 Å². The van der Waals surface area contributed by atoms with E-state index >= 15 is 0 Å². The average Bonchev–Trinajstić information content (AvgIpc) is 3.32. The highest BCUT2D eigenvalue weighted by Gasteiger charge is 2.25. The van der Waals surface area contributed by atoms with Gasteiger partial charge in [0.05, 0.1) is 12.0 Å². The number of carbonyl (C=O) groups excluding carboxylic acids is 3. The first-order valence-corrected chi connectivity index (χ1v) is 14.4. The lowest BCUT2D eigenvalue weighted by Gasteiger charge is -2.35. The first-order chi connectivity index (χ1) is 20.3. The van der Waals surface area contributed by atoms with Gasteiger partial charge >= 0.3 is 6.09 Å². The number of nitrogens with one attached hydrogen (secondary N) is 2. The number of piperazine rings is 1. The Kier molecular flexibility index (Phi) is 11.6. The van der Waals surface area contributed by atoms with Crippen LogP contribution in [-0.2, 0) is 20.9 Å². The first kappa shape index (κ1) is 33.4. The van der Waals surface area contributed by atoms with Gasteiger partial charge in [0.25, 0.3) is 5.91 Å². The smallest absolute Gasteiger partial charge is 0.410 e. The lowest BCUT2D eigenvalue weighted by molar-refractivity contribution is -0.118. The molecule has 12 heteroatoms. The van der Waals surface area contributed by atoms with Gasteiger partial charge in [-0.15, -0.1) is 0 Å². The summed E-state index contributed by atoms with van der Waals surface area (Å²) in [6.45, 7) is 15.9. The van der Waals surface area contributed by atoms with E-state index in [9.17, 15) is 23.2 Å². The quantitative estimate of drug-likeness (QED) is 0.291. The van der Waals surface area contributed by atoms with Crippen LogP contribution in [0.3, 0.4) is 0 Å². The maximum atomic E-state index is 14.1. The van der Waals surface area contributed by atoms with E-state index in [1.54, 1.807) is 24.2 Å². The van der Waals surface area contributed by atoms with Crippen molar-refractivity contribution in [2.24, 2.45) is 0 Å². The number of aryl methyl sites for hydroxylation is 1. The van der Waals surface area contributed by atoms with Crippen molar-refractivity contribution >= 4 is 30.6 Å². The Hall–Kier alpha value is -4.06. The number of imidazole rings is 1. The molecule has 1 saturated heterocycles. The second kappa shape index (κ2) is 14.9. The van der Waals surface area contributed by atoms with E-state index in [1.165, 1.54) is 0 Å². The van der Waals surface area contributed by atoms with E-state index in [0.717, 1.165) is 62.6 Å². The summed E-state index contributed by atoms with van der Waals surface area (Å²) in [5.74, 6) is -1.95. The Balaban J connectivity index is 1.61. The van der Waals surface area contributed by atoms with Crippen LogP contribution in [0.4, 0.5) is 13.6 Å². The van der Waals surface area contributed by atoms with Crippen LogP contribution in [0, 0.1) is 11.6 Å². The lowest BCUT2D eigenvalue weighted by atomic mass is 10.1. The van der Waals surface area contributed by atoms with E-state index < -0.39 is 23.1 Å². The second-order valence-electron chi connectivity index (χ2n) is 11.8. The van der Waals surface area contributed by atoms with E-state index in [4.69, 9.17) is 4.74 Å². The number of hydrogen-bond donors (Lipinski definition) is 2. The fraction of sp³-hybridized carbons (Fsp3) is 0.484. The highest BCUT2D eigenvalue weighted by molar-refractivity contribution is 6.00. The average molecular weight is 601 g/mol. The summed E-state index contributed by atoms with van der Waals surface area (Å²) >= 11 is 0. The van der Waals surface area contributed by atoms with Crippen molar-refractivity contribution < 1.29 is 27.9 Å². The number of halogens is 2. The molecule has 10 nitrogen and oxygen atoms in total. The number of benzene rings is 1. The van der Waals surface area contributed by atoms with Crippen LogP contribution in [0.2, 0.25) is 0 Å².